The van der Waals surface area contributed by atoms with Gasteiger partial charge in [0.25, 0.3) is 0 Å². The first-order chi connectivity index (χ1) is 7.81. The Morgan fingerprint density at radius 1 is 1.19 bits per heavy atom. The summed E-state index contributed by atoms with van der Waals surface area (Å²) in [7, 11) is 0. The number of aromatic nitrogens is 1. The topological polar surface area (TPSA) is 74.7 Å². The van der Waals surface area contributed by atoms with Crippen molar-refractivity contribution in [1.29, 1.82) is 5.26 Å². The van der Waals surface area contributed by atoms with E-state index in [0.717, 1.165) is 0 Å². The van der Waals surface area contributed by atoms with Crippen LogP contribution in [0.25, 0.3) is 0 Å². The van der Waals surface area contributed by atoms with Crippen LogP contribution in [0.1, 0.15) is 5.56 Å². The number of nitrogens with zero attached hydrogens (tertiary/aromatic N) is 2. The summed E-state index contributed by atoms with van der Waals surface area (Å²) in [5, 5.41) is 12.0. The average Bonchev–Trinajstić information content (AvgIpc) is 2.33. The quantitative estimate of drug-likeness (QED) is 0.797. The number of pyridine rings is 1. The summed E-state index contributed by atoms with van der Waals surface area (Å²) in [6, 6.07) is 12.8. The normalized spacial score (nSPS) is 9.44. The minimum absolute atomic E-state index is 0.551. The highest BCUT2D eigenvalue weighted by Gasteiger charge is 2.03. The van der Waals surface area contributed by atoms with E-state index < -0.39 is 0 Å². The summed E-state index contributed by atoms with van der Waals surface area (Å²) in [5.74, 6) is 0.560. The van der Waals surface area contributed by atoms with E-state index >= 15 is 0 Å². The molecule has 0 spiro atoms. The van der Waals surface area contributed by atoms with Crippen molar-refractivity contribution >= 4 is 17.2 Å². The van der Waals surface area contributed by atoms with Crippen LogP contribution in [0, 0.1) is 11.3 Å². The Hall–Kier alpha value is -2.54. The second-order valence-corrected chi connectivity index (χ2v) is 3.22. The van der Waals surface area contributed by atoms with Crippen molar-refractivity contribution in [2.45, 2.75) is 0 Å². The molecule has 0 fully saturated rings. The summed E-state index contributed by atoms with van der Waals surface area (Å²) in [6.07, 6.45) is 1.65. The van der Waals surface area contributed by atoms with E-state index in [2.05, 4.69) is 16.4 Å². The summed E-state index contributed by atoms with van der Waals surface area (Å²) in [4.78, 5) is 4.10. The number of nitrogens with two attached hydrogens (primary N) is 1. The number of para-hydroxylation sites is 1. The molecule has 0 unspecified atom stereocenters. The largest absolute Gasteiger partial charge is 0.396 e. The molecule has 2 rings (SSSR count). The number of anilines is 3. The van der Waals surface area contributed by atoms with Crippen LogP contribution in [-0.4, -0.2) is 4.98 Å². The highest BCUT2D eigenvalue weighted by atomic mass is 15.0. The van der Waals surface area contributed by atoms with Crippen LogP contribution >= 0.6 is 0 Å². The Kier molecular flexibility index (Phi) is 2.70. The number of nitriles is 1. The van der Waals surface area contributed by atoms with Crippen molar-refractivity contribution in [1.82, 2.24) is 4.98 Å². The standard InChI is InChI=1S/C12H10N4/c13-8-9-4-1-2-6-11(9)16-12-10(14)5-3-7-15-12/h1-7H,14H2,(H,15,16). The molecule has 4 heteroatoms. The van der Waals surface area contributed by atoms with Gasteiger partial charge in [-0.05, 0) is 24.3 Å². The molecule has 0 atom stereocenters. The van der Waals surface area contributed by atoms with Gasteiger partial charge in [-0.1, -0.05) is 12.1 Å². The SMILES string of the molecule is N#Cc1ccccc1Nc1ncccc1N. The van der Waals surface area contributed by atoms with Gasteiger partial charge in [-0.25, -0.2) is 4.98 Å². The van der Waals surface area contributed by atoms with Gasteiger partial charge < -0.3 is 11.1 Å². The zero-order valence-corrected chi connectivity index (χ0v) is 8.51. The number of hydrogen-bond donors (Lipinski definition) is 2. The molecule has 0 aliphatic carbocycles. The van der Waals surface area contributed by atoms with Gasteiger partial charge in [0.2, 0.25) is 0 Å². The summed E-state index contributed by atoms with van der Waals surface area (Å²) < 4.78 is 0. The van der Waals surface area contributed by atoms with Gasteiger partial charge in [0.1, 0.15) is 6.07 Å². The first kappa shape index (κ1) is 9.99. The fourth-order valence-electron chi connectivity index (χ4n) is 1.34. The molecule has 1 aromatic carbocycles. The van der Waals surface area contributed by atoms with E-state index in [1.54, 1.807) is 24.4 Å². The Morgan fingerprint density at radius 2 is 2.00 bits per heavy atom. The molecule has 0 aliphatic rings. The van der Waals surface area contributed by atoms with Gasteiger partial charge in [-0.3, -0.25) is 0 Å². The van der Waals surface area contributed by atoms with Crippen molar-refractivity contribution in [3.05, 3.63) is 48.2 Å². The molecule has 3 N–H and O–H groups in total. The van der Waals surface area contributed by atoms with E-state index in [0.29, 0.717) is 22.8 Å². The molecule has 78 valence electrons. The molecule has 0 radical (unpaired) electrons. The molecule has 0 saturated carbocycles. The highest BCUT2D eigenvalue weighted by molar-refractivity contribution is 5.71. The lowest BCUT2D eigenvalue weighted by Crippen LogP contribution is -1.99. The van der Waals surface area contributed by atoms with Crippen LogP contribution in [0.4, 0.5) is 17.2 Å². The van der Waals surface area contributed by atoms with E-state index in [4.69, 9.17) is 11.0 Å². The summed E-state index contributed by atoms with van der Waals surface area (Å²) in [6.45, 7) is 0. The van der Waals surface area contributed by atoms with E-state index in [-0.39, 0.29) is 0 Å². The Labute approximate surface area is 93.4 Å². The van der Waals surface area contributed by atoms with E-state index in [1.165, 1.54) is 0 Å². The van der Waals surface area contributed by atoms with Gasteiger partial charge in [0, 0.05) is 6.20 Å². The molecular formula is C12H10N4. The highest BCUT2D eigenvalue weighted by Crippen LogP contribution is 2.22. The van der Waals surface area contributed by atoms with Gasteiger partial charge >= 0.3 is 0 Å². The van der Waals surface area contributed by atoms with Crippen molar-refractivity contribution in [2.75, 3.05) is 11.1 Å². The molecule has 0 bridgehead atoms. The minimum Gasteiger partial charge on any atom is -0.396 e. The van der Waals surface area contributed by atoms with Crippen LogP contribution in [0.2, 0.25) is 0 Å². The maximum absolute atomic E-state index is 8.92. The fraction of sp³-hybridized carbons (Fsp3) is 0. The fourth-order valence-corrected chi connectivity index (χ4v) is 1.34. The van der Waals surface area contributed by atoms with Crippen LogP contribution in [-0.2, 0) is 0 Å². The van der Waals surface area contributed by atoms with Crippen LogP contribution < -0.4 is 11.1 Å². The van der Waals surface area contributed by atoms with Crippen molar-refractivity contribution in [3.8, 4) is 6.07 Å². The summed E-state index contributed by atoms with van der Waals surface area (Å²) in [5.41, 5.74) is 7.57. The lowest BCUT2D eigenvalue weighted by Gasteiger charge is -2.08. The molecular weight excluding hydrogens is 200 g/mol. The summed E-state index contributed by atoms with van der Waals surface area (Å²) >= 11 is 0. The van der Waals surface area contributed by atoms with Gasteiger partial charge in [-0.2, -0.15) is 5.26 Å². The number of nitrogen functional groups attached to an aromatic ring is 1. The molecule has 1 heterocycles. The molecule has 0 aliphatic heterocycles. The number of benzene rings is 1. The van der Waals surface area contributed by atoms with Crippen molar-refractivity contribution in [3.63, 3.8) is 0 Å². The van der Waals surface area contributed by atoms with Crippen LogP contribution in [0.15, 0.2) is 42.6 Å². The monoisotopic (exact) mass is 210 g/mol. The van der Waals surface area contributed by atoms with E-state index in [1.807, 2.05) is 18.2 Å². The smallest absolute Gasteiger partial charge is 0.153 e. The van der Waals surface area contributed by atoms with Crippen molar-refractivity contribution in [2.24, 2.45) is 0 Å². The lowest BCUT2D eigenvalue weighted by atomic mass is 10.2. The average molecular weight is 210 g/mol. The minimum atomic E-state index is 0.551. The van der Waals surface area contributed by atoms with Crippen LogP contribution in [0.3, 0.4) is 0 Å². The van der Waals surface area contributed by atoms with Gasteiger partial charge in [0.15, 0.2) is 5.82 Å². The number of nitrogens with one attached hydrogen (secondary N) is 1. The predicted octanol–water partition coefficient (Wildman–Crippen LogP) is 2.28. The molecule has 4 nitrogen and oxygen atoms in total. The molecule has 0 saturated heterocycles. The third-order valence-electron chi connectivity index (χ3n) is 2.14. The molecule has 16 heavy (non-hydrogen) atoms. The van der Waals surface area contributed by atoms with Gasteiger partial charge in [-0.15, -0.1) is 0 Å². The number of rotatable bonds is 2. The Balaban J connectivity index is 2.35. The second-order valence-electron chi connectivity index (χ2n) is 3.22. The van der Waals surface area contributed by atoms with Crippen LogP contribution in [0.5, 0.6) is 0 Å². The predicted molar refractivity (Wildman–Crippen MR) is 63.1 cm³/mol. The first-order valence-corrected chi connectivity index (χ1v) is 4.78. The lowest BCUT2D eigenvalue weighted by molar-refractivity contribution is 1.31. The first-order valence-electron chi connectivity index (χ1n) is 4.78. The Bertz CT molecular complexity index is 543. The second kappa shape index (κ2) is 4.32. The number of hydrogen-bond acceptors (Lipinski definition) is 4. The third kappa shape index (κ3) is 1.93. The molecule has 2 aromatic rings. The van der Waals surface area contributed by atoms with E-state index in [9.17, 15) is 0 Å². The molecule has 1 aromatic heterocycles. The maximum atomic E-state index is 8.92. The zero-order valence-electron chi connectivity index (χ0n) is 8.51. The molecule has 0 amide bonds. The van der Waals surface area contributed by atoms with Gasteiger partial charge in [0.05, 0.1) is 16.9 Å². The third-order valence-corrected chi connectivity index (χ3v) is 2.14. The maximum Gasteiger partial charge on any atom is 0.153 e. The Morgan fingerprint density at radius 3 is 2.75 bits per heavy atom. The van der Waals surface area contributed by atoms with Crippen molar-refractivity contribution < 1.29 is 0 Å². The zero-order chi connectivity index (χ0) is 11.4.